The molecule has 0 saturated heterocycles. The maximum Gasteiger partial charge on any atom is 0.221 e. The number of benzene rings is 1. The summed E-state index contributed by atoms with van der Waals surface area (Å²) in [5, 5.41) is 5.72. The third kappa shape index (κ3) is 4.73. The number of rotatable bonds is 6. The van der Waals surface area contributed by atoms with E-state index in [2.05, 4.69) is 10.6 Å². The van der Waals surface area contributed by atoms with E-state index in [4.69, 9.17) is 0 Å². The van der Waals surface area contributed by atoms with E-state index in [1.54, 1.807) is 13.8 Å². The van der Waals surface area contributed by atoms with Gasteiger partial charge in [-0.2, -0.15) is 0 Å². The Bertz CT molecular complexity index is 399. The molecule has 104 valence electrons. The van der Waals surface area contributed by atoms with Crippen molar-refractivity contribution in [1.29, 1.82) is 0 Å². The summed E-state index contributed by atoms with van der Waals surface area (Å²) in [6.07, 6.45) is 0.433. The molecule has 0 aliphatic carbocycles. The Labute approximate surface area is 114 Å². The average molecular weight is 262 g/mol. The maximum atomic E-state index is 11.6. The second-order valence-electron chi connectivity index (χ2n) is 4.52. The Morgan fingerprint density at radius 3 is 1.89 bits per heavy atom. The molecule has 0 heterocycles. The topological polar surface area (TPSA) is 58.2 Å². The zero-order valence-corrected chi connectivity index (χ0v) is 11.8. The van der Waals surface area contributed by atoms with Crippen LogP contribution in [0.15, 0.2) is 30.3 Å². The first-order valence-corrected chi connectivity index (χ1v) is 6.72. The van der Waals surface area contributed by atoms with Crippen LogP contribution in [0, 0.1) is 0 Å². The van der Waals surface area contributed by atoms with Gasteiger partial charge in [-0.05, 0) is 5.56 Å². The van der Waals surface area contributed by atoms with E-state index in [9.17, 15) is 9.59 Å². The van der Waals surface area contributed by atoms with Crippen molar-refractivity contribution >= 4 is 11.8 Å². The van der Waals surface area contributed by atoms with Gasteiger partial charge in [0.2, 0.25) is 11.8 Å². The van der Waals surface area contributed by atoms with E-state index in [1.165, 1.54) is 0 Å². The van der Waals surface area contributed by atoms with Gasteiger partial charge in [0, 0.05) is 18.8 Å². The van der Waals surface area contributed by atoms with Crippen molar-refractivity contribution in [2.75, 3.05) is 0 Å². The first-order chi connectivity index (χ1) is 9.08. The van der Waals surface area contributed by atoms with Crippen LogP contribution >= 0.6 is 0 Å². The highest BCUT2D eigenvalue weighted by Crippen LogP contribution is 2.17. The summed E-state index contributed by atoms with van der Waals surface area (Å²) in [6, 6.07) is 9.83. The number of hydrogen-bond acceptors (Lipinski definition) is 2. The summed E-state index contributed by atoms with van der Waals surface area (Å²) >= 11 is 0. The summed E-state index contributed by atoms with van der Waals surface area (Å²) in [4.78, 5) is 23.1. The summed E-state index contributed by atoms with van der Waals surface area (Å²) in [7, 11) is 0. The van der Waals surface area contributed by atoms with Crippen LogP contribution in [0.2, 0.25) is 0 Å². The molecule has 0 fully saturated rings. The van der Waals surface area contributed by atoms with Crippen molar-refractivity contribution in [3.63, 3.8) is 0 Å². The zero-order valence-electron chi connectivity index (χ0n) is 11.8. The number of hydrogen-bond donors (Lipinski definition) is 2. The lowest BCUT2D eigenvalue weighted by Crippen LogP contribution is -2.50. The lowest BCUT2D eigenvalue weighted by molar-refractivity contribution is -0.124. The van der Waals surface area contributed by atoms with Gasteiger partial charge in [0.1, 0.15) is 6.17 Å². The van der Waals surface area contributed by atoms with Crippen LogP contribution in [0.1, 0.15) is 45.1 Å². The van der Waals surface area contributed by atoms with Crippen LogP contribution < -0.4 is 10.6 Å². The second-order valence-corrected chi connectivity index (χ2v) is 4.52. The van der Waals surface area contributed by atoms with Gasteiger partial charge in [-0.25, -0.2) is 0 Å². The first kappa shape index (κ1) is 15.2. The van der Waals surface area contributed by atoms with Gasteiger partial charge in [-0.3, -0.25) is 9.59 Å². The van der Waals surface area contributed by atoms with Crippen LogP contribution in [0.3, 0.4) is 0 Å². The van der Waals surface area contributed by atoms with E-state index in [1.807, 2.05) is 37.3 Å². The van der Waals surface area contributed by atoms with Gasteiger partial charge in [0.25, 0.3) is 0 Å². The molecule has 4 heteroatoms. The summed E-state index contributed by atoms with van der Waals surface area (Å²) in [6.45, 7) is 5.58. The van der Waals surface area contributed by atoms with Gasteiger partial charge in [0.05, 0.1) is 0 Å². The number of amides is 2. The van der Waals surface area contributed by atoms with E-state index < -0.39 is 0 Å². The molecule has 1 unspecified atom stereocenters. The largest absolute Gasteiger partial charge is 0.335 e. The second kappa shape index (κ2) is 7.56. The van der Waals surface area contributed by atoms with Crippen molar-refractivity contribution in [2.24, 2.45) is 0 Å². The Balaban J connectivity index is 2.82. The fraction of sp³-hybridized carbons (Fsp3) is 0.467. The smallest absolute Gasteiger partial charge is 0.221 e. The standard InChI is InChI=1S/C15H22N2O2/c1-4-13(18)16-15(17-14(19)5-2)11(3)12-9-7-6-8-10-12/h6-11,15H,4-5H2,1-3H3,(H,16,18)(H,17,19). The van der Waals surface area contributed by atoms with Crippen LogP contribution in [0.25, 0.3) is 0 Å². The Hall–Kier alpha value is -1.84. The molecule has 0 spiro atoms. The molecule has 1 rings (SSSR count). The zero-order chi connectivity index (χ0) is 14.3. The minimum atomic E-state index is -0.373. The molecule has 1 atom stereocenters. The van der Waals surface area contributed by atoms with Gasteiger partial charge in [-0.15, -0.1) is 0 Å². The molecule has 0 radical (unpaired) electrons. The molecule has 0 aliphatic heterocycles. The van der Waals surface area contributed by atoms with Crippen molar-refractivity contribution in [3.8, 4) is 0 Å². The van der Waals surface area contributed by atoms with Crippen LogP contribution in [-0.4, -0.2) is 18.0 Å². The average Bonchev–Trinajstić information content (AvgIpc) is 2.46. The van der Waals surface area contributed by atoms with E-state index >= 15 is 0 Å². The Kier molecular flexibility index (Phi) is 6.06. The lowest BCUT2D eigenvalue weighted by atomic mass is 9.97. The summed E-state index contributed by atoms with van der Waals surface area (Å²) in [5.74, 6) is -0.111. The molecule has 19 heavy (non-hydrogen) atoms. The fourth-order valence-corrected chi connectivity index (χ4v) is 1.79. The van der Waals surface area contributed by atoms with Gasteiger partial charge in [0.15, 0.2) is 0 Å². The molecule has 4 nitrogen and oxygen atoms in total. The third-order valence-electron chi connectivity index (χ3n) is 3.10. The Morgan fingerprint density at radius 2 is 1.47 bits per heavy atom. The highest BCUT2D eigenvalue weighted by atomic mass is 16.2. The summed E-state index contributed by atoms with van der Waals surface area (Å²) < 4.78 is 0. The predicted molar refractivity (Wildman–Crippen MR) is 75.5 cm³/mol. The Morgan fingerprint density at radius 1 is 1.00 bits per heavy atom. The SMILES string of the molecule is CCC(=O)NC(NC(=O)CC)C(C)c1ccccc1. The minimum absolute atomic E-state index is 0.0206. The number of nitrogens with one attached hydrogen (secondary N) is 2. The molecular formula is C15H22N2O2. The molecule has 1 aromatic rings. The van der Waals surface area contributed by atoms with Gasteiger partial charge in [-0.1, -0.05) is 51.1 Å². The highest BCUT2D eigenvalue weighted by Gasteiger charge is 2.21. The highest BCUT2D eigenvalue weighted by molar-refractivity contribution is 5.79. The van der Waals surface area contributed by atoms with Crippen LogP contribution in [0.5, 0.6) is 0 Å². The predicted octanol–water partition coefficient (Wildman–Crippen LogP) is 2.17. The van der Waals surface area contributed by atoms with Crippen LogP contribution in [0.4, 0.5) is 0 Å². The van der Waals surface area contributed by atoms with Gasteiger partial charge < -0.3 is 10.6 Å². The molecule has 0 aromatic heterocycles. The van der Waals surface area contributed by atoms with Crippen molar-refractivity contribution in [1.82, 2.24) is 10.6 Å². The maximum absolute atomic E-state index is 11.6. The first-order valence-electron chi connectivity index (χ1n) is 6.72. The van der Waals surface area contributed by atoms with Crippen molar-refractivity contribution in [2.45, 2.75) is 45.7 Å². The molecule has 0 aliphatic rings. The monoisotopic (exact) mass is 262 g/mol. The van der Waals surface area contributed by atoms with Crippen molar-refractivity contribution in [3.05, 3.63) is 35.9 Å². The van der Waals surface area contributed by atoms with Gasteiger partial charge >= 0.3 is 0 Å². The minimum Gasteiger partial charge on any atom is -0.335 e. The number of carbonyl (C=O) groups excluding carboxylic acids is 2. The third-order valence-corrected chi connectivity index (χ3v) is 3.10. The molecule has 2 amide bonds. The van der Waals surface area contributed by atoms with Crippen molar-refractivity contribution < 1.29 is 9.59 Å². The fourth-order valence-electron chi connectivity index (χ4n) is 1.79. The lowest BCUT2D eigenvalue weighted by Gasteiger charge is -2.26. The van der Waals surface area contributed by atoms with E-state index in [-0.39, 0.29) is 23.9 Å². The normalized spacial score (nSPS) is 12.0. The van der Waals surface area contributed by atoms with Crippen LogP contribution in [-0.2, 0) is 9.59 Å². The molecule has 0 bridgehead atoms. The quantitative estimate of drug-likeness (QED) is 0.772. The van der Waals surface area contributed by atoms with E-state index in [0.29, 0.717) is 12.8 Å². The van der Waals surface area contributed by atoms with E-state index in [0.717, 1.165) is 5.56 Å². The molecule has 0 saturated carbocycles. The molecule has 2 N–H and O–H groups in total. The number of carbonyl (C=O) groups is 2. The molecule has 1 aromatic carbocycles. The molecular weight excluding hydrogens is 240 g/mol. The summed E-state index contributed by atoms with van der Waals surface area (Å²) in [5.41, 5.74) is 1.08.